The van der Waals surface area contributed by atoms with Crippen LogP contribution >= 0.6 is 0 Å². The van der Waals surface area contributed by atoms with Crippen LogP contribution in [0, 0.1) is 5.41 Å². The normalized spacial score (nSPS) is 15.2. The highest BCUT2D eigenvalue weighted by Crippen LogP contribution is 2.27. The smallest absolute Gasteiger partial charge is 0.317 e. The van der Waals surface area contributed by atoms with E-state index in [0.717, 1.165) is 19.4 Å². The first-order valence-corrected chi connectivity index (χ1v) is 7.12. The second kappa shape index (κ2) is 6.92. The van der Waals surface area contributed by atoms with Gasteiger partial charge in [0.1, 0.15) is 0 Å². The van der Waals surface area contributed by atoms with Crippen molar-refractivity contribution in [2.45, 2.75) is 39.2 Å². The van der Waals surface area contributed by atoms with Crippen LogP contribution in [-0.2, 0) is 4.79 Å². The monoisotopic (exact) mass is 285 g/mol. The van der Waals surface area contributed by atoms with Gasteiger partial charge in [-0.1, -0.05) is 13.8 Å². The zero-order valence-corrected chi connectivity index (χ0v) is 13.0. The number of carbonyl (C=O) groups is 2. The molecule has 1 saturated carbocycles. The third-order valence-electron chi connectivity index (χ3n) is 3.28. The first-order chi connectivity index (χ1) is 9.21. The Labute approximate surface area is 121 Å². The summed E-state index contributed by atoms with van der Waals surface area (Å²) >= 11 is 0. The lowest BCUT2D eigenvalue weighted by molar-refractivity contribution is -0.137. The number of nitrogens with one attached hydrogen (secondary N) is 1. The van der Waals surface area contributed by atoms with Gasteiger partial charge in [0.15, 0.2) is 0 Å². The Hall–Kier alpha value is -1.30. The standard InChI is InChI=1S/C14H27N3O3/c1-14(2,10-16(3)4)9-15-13(20)17(11-5-6-11)8-7-12(18)19/h11H,5-10H2,1-4H3,(H,15,20)(H,18,19). The van der Waals surface area contributed by atoms with Gasteiger partial charge in [0.05, 0.1) is 6.42 Å². The molecule has 0 aromatic carbocycles. The summed E-state index contributed by atoms with van der Waals surface area (Å²) in [5.41, 5.74) is -0.0127. The van der Waals surface area contributed by atoms with Gasteiger partial charge in [-0.25, -0.2) is 4.79 Å². The summed E-state index contributed by atoms with van der Waals surface area (Å²) in [6.45, 7) is 5.96. The van der Waals surface area contributed by atoms with Gasteiger partial charge in [0, 0.05) is 25.7 Å². The maximum absolute atomic E-state index is 12.2. The molecule has 6 nitrogen and oxygen atoms in total. The zero-order chi connectivity index (χ0) is 15.3. The van der Waals surface area contributed by atoms with E-state index in [9.17, 15) is 9.59 Å². The van der Waals surface area contributed by atoms with Gasteiger partial charge in [-0.2, -0.15) is 0 Å². The van der Waals surface area contributed by atoms with E-state index in [0.29, 0.717) is 13.1 Å². The van der Waals surface area contributed by atoms with Crippen molar-refractivity contribution >= 4 is 12.0 Å². The molecule has 0 aromatic rings. The van der Waals surface area contributed by atoms with Gasteiger partial charge in [-0.05, 0) is 32.4 Å². The Morgan fingerprint density at radius 3 is 2.35 bits per heavy atom. The average molecular weight is 285 g/mol. The van der Waals surface area contributed by atoms with Crippen molar-refractivity contribution in [2.24, 2.45) is 5.41 Å². The van der Waals surface area contributed by atoms with Gasteiger partial charge in [-0.15, -0.1) is 0 Å². The summed E-state index contributed by atoms with van der Waals surface area (Å²) in [5.74, 6) is -0.864. The molecule has 1 rings (SSSR count). The molecule has 6 heteroatoms. The number of amides is 2. The number of aliphatic carboxylic acids is 1. The zero-order valence-electron chi connectivity index (χ0n) is 13.0. The van der Waals surface area contributed by atoms with E-state index in [1.165, 1.54) is 0 Å². The maximum Gasteiger partial charge on any atom is 0.317 e. The van der Waals surface area contributed by atoms with Crippen LogP contribution in [0.5, 0.6) is 0 Å². The Balaban J connectivity index is 2.43. The molecule has 0 saturated heterocycles. The number of carboxylic acid groups (broad SMARTS) is 1. The Morgan fingerprint density at radius 2 is 1.90 bits per heavy atom. The number of rotatable bonds is 8. The van der Waals surface area contributed by atoms with Crippen LogP contribution in [0.1, 0.15) is 33.1 Å². The number of hydrogen-bond acceptors (Lipinski definition) is 3. The molecule has 0 bridgehead atoms. The molecule has 0 radical (unpaired) electrons. The van der Waals surface area contributed by atoms with Crippen LogP contribution in [-0.4, -0.2) is 66.7 Å². The summed E-state index contributed by atoms with van der Waals surface area (Å²) in [6, 6.07) is 0.0897. The minimum atomic E-state index is -0.864. The van der Waals surface area contributed by atoms with Crippen molar-refractivity contribution in [1.82, 2.24) is 15.1 Å². The van der Waals surface area contributed by atoms with Gasteiger partial charge in [0.2, 0.25) is 0 Å². The molecule has 20 heavy (non-hydrogen) atoms. The second-order valence-corrected chi connectivity index (χ2v) is 6.63. The van der Waals surface area contributed by atoms with Crippen LogP contribution < -0.4 is 5.32 Å². The minimum Gasteiger partial charge on any atom is -0.481 e. The van der Waals surface area contributed by atoms with E-state index in [-0.39, 0.29) is 23.9 Å². The third-order valence-corrected chi connectivity index (χ3v) is 3.28. The predicted octanol–water partition coefficient (Wildman–Crippen LogP) is 1.22. The number of hydrogen-bond donors (Lipinski definition) is 2. The van der Waals surface area contributed by atoms with E-state index in [4.69, 9.17) is 5.11 Å². The number of urea groups is 1. The first-order valence-electron chi connectivity index (χ1n) is 7.12. The molecule has 1 aliphatic rings. The van der Waals surface area contributed by atoms with Crippen molar-refractivity contribution in [1.29, 1.82) is 0 Å². The fourth-order valence-corrected chi connectivity index (χ4v) is 2.38. The van der Waals surface area contributed by atoms with Gasteiger partial charge in [0.25, 0.3) is 0 Å². The summed E-state index contributed by atoms with van der Waals surface area (Å²) in [5, 5.41) is 11.7. The molecule has 0 heterocycles. The molecular weight excluding hydrogens is 258 g/mol. The fraction of sp³-hybridized carbons (Fsp3) is 0.857. The molecule has 0 aliphatic heterocycles. The second-order valence-electron chi connectivity index (χ2n) is 6.63. The minimum absolute atomic E-state index is 0.00497. The third kappa shape index (κ3) is 6.23. The lowest BCUT2D eigenvalue weighted by atomic mass is 9.93. The summed E-state index contributed by atoms with van der Waals surface area (Å²) in [6.07, 6.45) is 1.97. The van der Waals surface area contributed by atoms with Crippen LogP contribution in [0.2, 0.25) is 0 Å². The quantitative estimate of drug-likeness (QED) is 0.703. The molecule has 0 atom stereocenters. The van der Waals surface area contributed by atoms with Crippen molar-refractivity contribution < 1.29 is 14.7 Å². The molecule has 0 aromatic heterocycles. The lowest BCUT2D eigenvalue weighted by Crippen LogP contribution is -2.47. The van der Waals surface area contributed by atoms with E-state index >= 15 is 0 Å². The van der Waals surface area contributed by atoms with E-state index in [1.807, 2.05) is 14.1 Å². The summed E-state index contributed by atoms with van der Waals surface area (Å²) in [7, 11) is 4.01. The van der Waals surface area contributed by atoms with E-state index in [2.05, 4.69) is 24.1 Å². The topological polar surface area (TPSA) is 72.9 Å². The molecule has 1 aliphatic carbocycles. The van der Waals surface area contributed by atoms with Crippen LogP contribution in [0.15, 0.2) is 0 Å². The van der Waals surface area contributed by atoms with Crippen molar-refractivity contribution in [3.63, 3.8) is 0 Å². The first kappa shape index (κ1) is 16.8. The van der Waals surface area contributed by atoms with E-state index in [1.54, 1.807) is 4.90 Å². The Morgan fingerprint density at radius 1 is 1.30 bits per heavy atom. The van der Waals surface area contributed by atoms with Gasteiger partial charge < -0.3 is 20.2 Å². The largest absolute Gasteiger partial charge is 0.481 e. The van der Waals surface area contributed by atoms with Crippen LogP contribution in [0.4, 0.5) is 4.79 Å². The fourth-order valence-electron chi connectivity index (χ4n) is 2.38. The van der Waals surface area contributed by atoms with Gasteiger partial charge in [-0.3, -0.25) is 4.79 Å². The lowest BCUT2D eigenvalue weighted by Gasteiger charge is -2.30. The van der Waals surface area contributed by atoms with Crippen molar-refractivity contribution in [3.8, 4) is 0 Å². The number of nitrogens with zero attached hydrogens (tertiary/aromatic N) is 2. The van der Waals surface area contributed by atoms with Crippen LogP contribution in [0.3, 0.4) is 0 Å². The highest BCUT2D eigenvalue weighted by Gasteiger charge is 2.33. The number of carbonyl (C=O) groups excluding carboxylic acids is 1. The highest BCUT2D eigenvalue weighted by atomic mass is 16.4. The SMILES string of the molecule is CN(C)CC(C)(C)CNC(=O)N(CCC(=O)O)C1CC1. The molecule has 2 N–H and O–H groups in total. The molecule has 0 spiro atoms. The molecule has 2 amide bonds. The Kier molecular flexibility index (Phi) is 5.80. The van der Waals surface area contributed by atoms with Crippen molar-refractivity contribution in [3.05, 3.63) is 0 Å². The molecule has 1 fully saturated rings. The predicted molar refractivity (Wildman–Crippen MR) is 77.7 cm³/mol. The maximum atomic E-state index is 12.2. The highest BCUT2D eigenvalue weighted by molar-refractivity contribution is 5.76. The summed E-state index contributed by atoms with van der Waals surface area (Å²) in [4.78, 5) is 26.6. The molecular formula is C14H27N3O3. The van der Waals surface area contributed by atoms with E-state index < -0.39 is 5.97 Å². The van der Waals surface area contributed by atoms with Crippen LogP contribution in [0.25, 0.3) is 0 Å². The Bertz CT molecular complexity index is 352. The number of carboxylic acids is 1. The molecule has 0 unspecified atom stereocenters. The molecule has 116 valence electrons. The van der Waals surface area contributed by atoms with Gasteiger partial charge >= 0.3 is 12.0 Å². The van der Waals surface area contributed by atoms with Crippen molar-refractivity contribution in [2.75, 3.05) is 33.7 Å². The average Bonchev–Trinajstić information content (AvgIpc) is 3.09. The summed E-state index contributed by atoms with van der Waals surface area (Å²) < 4.78 is 0.